The van der Waals surface area contributed by atoms with Crippen LogP contribution >= 0.6 is 11.6 Å². The molecular weight excluding hydrogens is 236 g/mol. The topological polar surface area (TPSA) is 32.3 Å². The summed E-state index contributed by atoms with van der Waals surface area (Å²) in [4.78, 5) is 13.3. The van der Waals surface area contributed by atoms with E-state index in [4.69, 9.17) is 11.6 Å². The number of piperazine rings is 1. The number of aryl methyl sites for hydroxylation is 1. The summed E-state index contributed by atoms with van der Waals surface area (Å²) in [6.07, 6.45) is 1.16. The zero-order valence-corrected chi connectivity index (χ0v) is 11.4. The smallest absolute Gasteiger partial charge is 0.134 e. The Balaban J connectivity index is 2.17. The number of hydrogen-bond donors (Lipinski definition) is 0. The van der Waals surface area contributed by atoms with Gasteiger partial charge in [0.2, 0.25) is 0 Å². The molecule has 1 fully saturated rings. The van der Waals surface area contributed by atoms with Crippen LogP contribution in [0.5, 0.6) is 0 Å². The number of nitrogens with zero attached hydrogens (tertiary/aromatic N) is 4. The molecule has 94 valence electrons. The Hall–Kier alpha value is -0.870. The van der Waals surface area contributed by atoms with Gasteiger partial charge >= 0.3 is 0 Å². The normalized spacial score (nSPS) is 21.9. The van der Waals surface area contributed by atoms with Gasteiger partial charge in [-0.15, -0.1) is 0 Å². The fraction of sp³-hybridized carbons (Fsp3) is 0.667. The van der Waals surface area contributed by atoms with E-state index in [9.17, 15) is 0 Å². The summed E-state index contributed by atoms with van der Waals surface area (Å²) in [5, 5.41) is 0.527. The molecule has 0 amide bonds. The highest BCUT2D eigenvalue weighted by Crippen LogP contribution is 2.20. The van der Waals surface area contributed by atoms with E-state index in [1.807, 2.05) is 13.0 Å². The van der Waals surface area contributed by atoms with Crippen LogP contribution < -0.4 is 4.90 Å². The molecule has 0 N–H and O–H groups in total. The van der Waals surface area contributed by atoms with Crippen molar-refractivity contribution in [1.82, 2.24) is 14.9 Å². The second-order valence-electron chi connectivity index (χ2n) is 4.58. The van der Waals surface area contributed by atoms with Crippen LogP contribution in [-0.2, 0) is 0 Å². The molecule has 1 aromatic rings. The maximum atomic E-state index is 5.98. The molecule has 1 aromatic heterocycles. The first-order valence-electron chi connectivity index (χ1n) is 6.06. The quantitative estimate of drug-likeness (QED) is 0.756. The first-order valence-corrected chi connectivity index (χ1v) is 6.44. The first-order chi connectivity index (χ1) is 8.10. The number of anilines is 1. The van der Waals surface area contributed by atoms with E-state index in [1.54, 1.807) is 0 Å². The van der Waals surface area contributed by atoms with Gasteiger partial charge in [0, 0.05) is 31.7 Å². The van der Waals surface area contributed by atoms with Gasteiger partial charge in [-0.05, 0) is 20.4 Å². The minimum absolute atomic E-state index is 0.527. The summed E-state index contributed by atoms with van der Waals surface area (Å²) in [7, 11) is 2.18. The van der Waals surface area contributed by atoms with Gasteiger partial charge in [0.25, 0.3) is 0 Å². The predicted octanol–water partition coefficient (Wildman–Crippen LogP) is 1.97. The van der Waals surface area contributed by atoms with Crippen LogP contribution in [0, 0.1) is 6.92 Å². The van der Waals surface area contributed by atoms with E-state index < -0.39 is 0 Å². The van der Waals surface area contributed by atoms with Crippen LogP contribution in [0.25, 0.3) is 0 Å². The maximum absolute atomic E-state index is 5.98. The van der Waals surface area contributed by atoms with Crippen molar-refractivity contribution in [3.8, 4) is 0 Å². The largest absolute Gasteiger partial charge is 0.354 e. The third kappa shape index (κ3) is 2.87. The molecule has 0 saturated carbocycles. The molecule has 1 unspecified atom stereocenters. The summed E-state index contributed by atoms with van der Waals surface area (Å²) in [6.45, 7) is 7.18. The Morgan fingerprint density at radius 1 is 1.41 bits per heavy atom. The molecule has 4 nitrogen and oxygen atoms in total. The van der Waals surface area contributed by atoms with E-state index >= 15 is 0 Å². The van der Waals surface area contributed by atoms with Crippen LogP contribution in [0.3, 0.4) is 0 Å². The lowest BCUT2D eigenvalue weighted by molar-refractivity contribution is 0.213. The summed E-state index contributed by atoms with van der Waals surface area (Å²) in [6, 6.07) is 2.45. The van der Waals surface area contributed by atoms with Crippen molar-refractivity contribution in [3.63, 3.8) is 0 Å². The zero-order chi connectivity index (χ0) is 12.4. The minimum atomic E-state index is 0.527. The molecular formula is C12H19ClN4. The summed E-state index contributed by atoms with van der Waals surface area (Å²) in [5.41, 5.74) is 0. The van der Waals surface area contributed by atoms with Crippen molar-refractivity contribution in [2.75, 3.05) is 31.6 Å². The number of hydrogen-bond acceptors (Lipinski definition) is 4. The average Bonchev–Trinajstić information content (AvgIpc) is 2.28. The van der Waals surface area contributed by atoms with E-state index in [1.165, 1.54) is 0 Å². The second kappa shape index (κ2) is 5.19. The predicted molar refractivity (Wildman–Crippen MR) is 70.7 cm³/mol. The molecule has 2 heterocycles. The molecule has 0 spiro atoms. The summed E-state index contributed by atoms with van der Waals surface area (Å²) >= 11 is 5.98. The van der Waals surface area contributed by atoms with Crippen LogP contribution in [-0.4, -0.2) is 47.6 Å². The lowest BCUT2D eigenvalue weighted by Crippen LogP contribution is -2.51. The van der Waals surface area contributed by atoms with Crippen molar-refractivity contribution >= 4 is 17.4 Å². The van der Waals surface area contributed by atoms with Gasteiger partial charge in [-0.3, -0.25) is 4.90 Å². The monoisotopic (exact) mass is 254 g/mol. The Morgan fingerprint density at radius 2 is 2.18 bits per heavy atom. The molecule has 1 aliphatic rings. The third-order valence-corrected chi connectivity index (χ3v) is 3.56. The number of rotatable bonds is 2. The lowest BCUT2D eigenvalue weighted by Gasteiger charge is -2.39. The van der Waals surface area contributed by atoms with E-state index in [2.05, 4.69) is 33.7 Å². The fourth-order valence-electron chi connectivity index (χ4n) is 2.27. The Kier molecular flexibility index (Phi) is 3.84. The summed E-state index contributed by atoms with van der Waals surface area (Å²) in [5.74, 6) is 1.69. The molecule has 17 heavy (non-hydrogen) atoms. The third-order valence-electron chi connectivity index (χ3n) is 3.37. The second-order valence-corrected chi connectivity index (χ2v) is 4.97. The zero-order valence-electron chi connectivity index (χ0n) is 10.6. The SMILES string of the molecule is CCC1CN(c2cc(Cl)nc(C)n2)CCN1C. The highest BCUT2D eigenvalue weighted by atomic mass is 35.5. The van der Waals surface area contributed by atoms with Gasteiger partial charge in [0.05, 0.1) is 0 Å². The molecule has 0 aromatic carbocycles. The standard InChI is InChI=1S/C12H19ClN4/c1-4-10-8-17(6-5-16(10)3)12-7-11(13)14-9(2)15-12/h7,10H,4-6,8H2,1-3H3. The molecule has 5 heteroatoms. The fourth-order valence-corrected chi connectivity index (χ4v) is 2.49. The van der Waals surface area contributed by atoms with E-state index in [-0.39, 0.29) is 0 Å². The van der Waals surface area contributed by atoms with Gasteiger partial charge in [-0.2, -0.15) is 0 Å². The Bertz CT molecular complexity index is 376. The Labute approximate surface area is 108 Å². The molecule has 1 atom stereocenters. The molecule has 1 aliphatic heterocycles. The highest BCUT2D eigenvalue weighted by molar-refractivity contribution is 6.29. The first kappa shape index (κ1) is 12.6. The van der Waals surface area contributed by atoms with E-state index in [0.717, 1.165) is 37.7 Å². The molecule has 0 aliphatic carbocycles. The molecule has 0 radical (unpaired) electrons. The minimum Gasteiger partial charge on any atom is -0.354 e. The van der Waals surface area contributed by atoms with Gasteiger partial charge in [0.1, 0.15) is 16.8 Å². The van der Waals surface area contributed by atoms with Crippen LogP contribution in [0.1, 0.15) is 19.2 Å². The van der Waals surface area contributed by atoms with Gasteiger partial charge in [-0.1, -0.05) is 18.5 Å². The Morgan fingerprint density at radius 3 is 2.82 bits per heavy atom. The molecule has 0 bridgehead atoms. The number of likely N-dealkylation sites (N-methyl/N-ethyl adjacent to an activating group) is 1. The van der Waals surface area contributed by atoms with Crippen LogP contribution in [0.15, 0.2) is 6.07 Å². The average molecular weight is 255 g/mol. The highest BCUT2D eigenvalue weighted by Gasteiger charge is 2.23. The molecule has 1 saturated heterocycles. The van der Waals surface area contributed by atoms with Gasteiger partial charge in [-0.25, -0.2) is 9.97 Å². The van der Waals surface area contributed by atoms with Crippen molar-refractivity contribution in [3.05, 3.63) is 17.0 Å². The van der Waals surface area contributed by atoms with Crippen LogP contribution in [0.2, 0.25) is 5.15 Å². The van der Waals surface area contributed by atoms with Crippen molar-refractivity contribution in [2.45, 2.75) is 26.3 Å². The van der Waals surface area contributed by atoms with Crippen LogP contribution in [0.4, 0.5) is 5.82 Å². The summed E-state index contributed by atoms with van der Waals surface area (Å²) < 4.78 is 0. The van der Waals surface area contributed by atoms with Crippen molar-refractivity contribution in [1.29, 1.82) is 0 Å². The maximum Gasteiger partial charge on any atom is 0.134 e. The van der Waals surface area contributed by atoms with E-state index in [0.29, 0.717) is 11.2 Å². The number of aromatic nitrogens is 2. The van der Waals surface area contributed by atoms with Gasteiger partial charge < -0.3 is 4.90 Å². The van der Waals surface area contributed by atoms with Gasteiger partial charge in [0.15, 0.2) is 0 Å². The lowest BCUT2D eigenvalue weighted by atomic mass is 10.1. The van der Waals surface area contributed by atoms with Crippen molar-refractivity contribution in [2.24, 2.45) is 0 Å². The van der Waals surface area contributed by atoms with Crippen molar-refractivity contribution < 1.29 is 0 Å². The molecule has 2 rings (SSSR count). The number of halogens is 1.